The molecular weight excluding hydrogens is 224 g/mol. The number of likely N-dealkylation sites (N-methyl/N-ethyl adjacent to an activating group) is 1. The molecule has 2 rings (SSSR count). The zero-order valence-corrected chi connectivity index (χ0v) is 10.2. The van der Waals surface area contributed by atoms with E-state index in [1.807, 2.05) is 7.05 Å². The van der Waals surface area contributed by atoms with Gasteiger partial charge in [-0.1, -0.05) is 0 Å². The van der Waals surface area contributed by atoms with E-state index in [2.05, 4.69) is 4.98 Å². The lowest BCUT2D eigenvalue weighted by molar-refractivity contribution is -0.138. The Morgan fingerprint density at radius 2 is 2.25 bits per heavy atom. The van der Waals surface area contributed by atoms with Crippen LogP contribution < -0.4 is 0 Å². The first-order valence-corrected chi connectivity index (χ1v) is 6.34. The fourth-order valence-electron chi connectivity index (χ4n) is 1.99. The highest BCUT2D eigenvalue weighted by molar-refractivity contribution is 7.11. The third kappa shape index (κ3) is 2.80. The van der Waals surface area contributed by atoms with E-state index in [0.29, 0.717) is 6.54 Å². The average molecular weight is 240 g/mol. The van der Waals surface area contributed by atoms with Crippen LogP contribution in [0.5, 0.6) is 0 Å². The summed E-state index contributed by atoms with van der Waals surface area (Å²) in [4.78, 5) is 18.3. The van der Waals surface area contributed by atoms with Crippen LogP contribution in [-0.2, 0) is 24.2 Å². The van der Waals surface area contributed by atoms with Crippen molar-refractivity contribution < 1.29 is 9.90 Å². The van der Waals surface area contributed by atoms with Crippen molar-refractivity contribution >= 4 is 17.3 Å². The molecule has 5 heteroatoms. The molecule has 0 atom stereocenters. The van der Waals surface area contributed by atoms with Gasteiger partial charge in [0.05, 0.1) is 18.8 Å². The predicted octanol–water partition coefficient (Wildman–Crippen LogP) is 1.54. The van der Waals surface area contributed by atoms with Crippen molar-refractivity contribution in [3.63, 3.8) is 0 Å². The quantitative estimate of drug-likeness (QED) is 0.867. The number of aryl methyl sites for hydroxylation is 2. The zero-order chi connectivity index (χ0) is 11.5. The molecular formula is C11H16N2O2S. The van der Waals surface area contributed by atoms with Crippen molar-refractivity contribution in [3.05, 3.63) is 15.6 Å². The van der Waals surface area contributed by atoms with Crippen LogP contribution in [0.2, 0.25) is 0 Å². The van der Waals surface area contributed by atoms with Gasteiger partial charge in [0.25, 0.3) is 0 Å². The fraction of sp³-hybridized carbons (Fsp3) is 0.636. The zero-order valence-electron chi connectivity index (χ0n) is 9.40. The van der Waals surface area contributed by atoms with Crippen LogP contribution in [0.1, 0.15) is 28.4 Å². The molecule has 0 bridgehead atoms. The number of aliphatic carboxylic acids is 1. The molecule has 0 aromatic carbocycles. The molecule has 1 aromatic heterocycles. The normalized spacial score (nSPS) is 15.1. The maximum Gasteiger partial charge on any atom is 0.317 e. The Hall–Kier alpha value is -0.940. The van der Waals surface area contributed by atoms with E-state index >= 15 is 0 Å². The van der Waals surface area contributed by atoms with Crippen LogP contribution in [0.15, 0.2) is 0 Å². The minimum absolute atomic E-state index is 0.0737. The summed E-state index contributed by atoms with van der Waals surface area (Å²) in [7, 11) is 1.81. The molecule has 0 saturated heterocycles. The molecule has 1 N–H and O–H groups in total. The Kier molecular flexibility index (Phi) is 3.56. The van der Waals surface area contributed by atoms with E-state index in [1.165, 1.54) is 23.4 Å². The maximum atomic E-state index is 10.5. The lowest BCUT2D eigenvalue weighted by Crippen LogP contribution is -2.25. The molecule has 88 valence electrons. The molecule has 0 radical (unpaired) electrons. The van der Waals surface area contributed by atoms with E-state index in [0.717, 1.165) is 17.8 Å². The lowest BCUT2D eigenvalue weighted by atomic mass is 10.0. The second kappa shape index (κ2) is 4.93. The molecule has 0 unspecified atom stereocenters. The molecule has 0 amide bonds. The standard InChI is InChI=1S/C11H16N2O2S/c1-13(7-11(14)15)6-10-12-8-4-2-3-5-9(8)16-10/h2-7H2,1H3,(H,14,15). The Morgan fingerprint density at radius 3 is 2.94 bits per heavy atom. The van der Waals surface area contributed by atoms with Crippen LogP contribution >= 0.6 is 11.3 Å². The van der Waals surface area contributed by atoms with Crippen LogP contribution in [0.4, 0.5) is 0 Å². The van der Waals surface area contributed by atoms with Crippen molar-refractivity contribution in [1.29, 1.82) is 0 Å². The van der Waals surface area contributed by atoms with Gasteiger partial charge in [0.15, 0.2) is 0 Å². The molecule has 0 aliphatic heterocycles. The molecule has 0 fully saturated rings. The van der Waals surface area contributed by atoms with E-state index in [4.69, 9.17) is 5.11 Å². The van der Waals surface area contributed by atoms with E-state index in [1.54, 1.807) is 16.2 Å². The molecule has 1 aromatic rings. The second-order valence-electron chi connectivity index (χ2n) is 4.25. The van der Waals surface area contributed by atoms with Crippen LogP contribution in [0.3, 0.4) is 0 Å². The van der Waals surface area contributed by atoms with Crippen LogP contribution in [-0.4, -0.2) is 34.6 Å². The average Bonchev–Trinajstić information content (AvgIpc) is 2.57. The molecule has 0 spiro atoms. The summed E-state index contributed by atoms with van der Waals surface area (Å²) in [6, 6.07) is 0. The van der Waals surface area contributed by atoms with E-state index < -0.39 is 5.97 Å². The summed E-state index contributed by atoms with van der Waals surface area (Å²) < 4.78 is 0. The highest BCUT2D eigenvalue weighted by Gasteiger charge is 2.16. The number of hydrogen-bond donors (Lipinski definition) is 1. The monoisotopic (exact) mass is 240 g/mol. The number of hydrogen-bond acceptors (Lipinski definition) is 4. The molecule has 16 heavy (non-hydrogen) atoms. The van der Waals surface area contributed by atoms with Crippen molar-refractivity contribution in [3.8, 4) is 0 Å². The third-order valence-electron chi connectivity index (χ3n) is 2.70. The Bertz CT molecular complexity index is 366. The smallest absolute Gasteiger partial charge is 0.317 e. The number of fused-ring (bicyclic) bond motifs is 1. The first-order valence-electron chi connectivity index (χ1n) is 5.53. The van der Waals surface area contributed by atoms with Gasteiger partial charge >= 0.3 is 5.97 Å². The number of carbonyl (C=O) groups is 1. The Balaban J connectivity index is 1.99. The predicted molar refractivity (Wildman–Crippen MR) is 62.7 cm³/mol. The van der Waals surface area contributed by atoms with Crippen LogP contribution in [0, 0.1) is 0 Å². The number of carboxylic acids is 1. The first kappa shape index (κ1) is 11.5. The van der Waals surface area contributed by atoms with Gasteiger partial charge in [-0.25, -0.2) is 4.98 Å². The molecule has 1 aliphatic rings. The second-order valence-corrected chi connectivity index (χ2v) is 5.42. The van der Waals surface area contributed by atoms with Gasteiger partial charge in [-0.3, -0.25) is 9.69 Å². The molecule has 0 saturated carbocycles. The minimum atomic E-state index is -0.788. The van der Waals surface area contributed by atoms with Gasteiger partial charge in [-0.2, -0.15) is 0 Å². The fourth-order valence-corrected chi connectivity index (χ4v) is 3.23. The Labute approximate surface area is 98.9 Å². The highest BCUT2D eigenvalue weighted by Crippen LogP contribution is 2.27. The SMILES string of the molecule is CN(CC(=O)O)Cc1nc2c(s1)CCCC2. The summed E-state index contributed by atoms with van der Waals surface area (Å²) >= 11 is 1.75. The number of carboxylic acid groups (broad SMARTS) is 1. The van der Waals surface area contributed by atoms with Crippen molar-refractivity contribution in [2.75, 3.05) is 13.6 Å². The maximum absolute atomic E-state index is 10.5. The number of rotatable bonds is 4. The van der Waals surface area contributed by atoms with Crippen LogP contribution in [0.25, 0.3) is 0 Å². The highest BCUT2D eigenvalue weighted by atomic mass is 32.1. The molecule has 1 aliphatic carbocycles. The number of thiazole rings is 1. The third-order valence-corrected chi connectivity index (χ3v) is 3.84. The largest absolute Gasteiger partial charge is 0.480 e. The summed E-state index contributed by atoms with van der Waals surface area (Å²) in [5, 5.41) is 9.72. The van der Waals surface area contributed by atoms with Crippen molar-refractivity contribution in [2.24, 2.45) is 0 Å². The summed E-state index contributed by atoms with van der Waals surface area (Å²) in [6.07, 6.45) is 4.74. The van der Waals surface area contributed by atoms with Gasteiger partial charge in [0.2, 0.25) is 0 Å². The topological polar surface area (TPSA) is 53.4 Å². The van der Waals surface area contributed by atoms with Gasteiger partial charge in [-0.05, 0) is 32.7 Å². The minimum Gasteiger partial charge on any atom is -0.480 e. The van der Waals surface area contributed by atoms with Crippen molar-refractivity contribution in [1.82, 2.24) is 9.88 Å². The number of aromatic nitrogens is 1. The summed E-state index contributed by atoms with van der Waals surface area (Å²) in [5.74, 6) is -0.788. The van der Waals surface area contributed by atoms with Gasteiger partial charge < -0.3 is 5.11 Å². The van der Waals surface area contributed by atoms with Gasteiger partial charge in [-0.15, -0.1) is 11.3 Å². The summed E-state index contributed by atoms with van der Waals surface area (Å²) in [5.41, 5.74) is 1.25. The van der Waals surface area contributed by atoms with Crippen molar-refractivity contribution in [2.45, 2.75) is 32.2 Å². The molecule has 1 heterocycles. The van der Waals surface area contributed by atoms with E-state index in [9.17, 15) is 4.79 Å². The lowest BCUT2D eigenvalue weighted by Gasteiger charge is -2.10. The van der Waals surface area contributed by atoms with Gasteiger partial charge in [0, 0.05) is 4.88 Å². The van der Waals surface area contributed by atoms with E-state index in [-0.39, 0.29) is 6.54 Å². The van der Waals surface area contributed by atoms with Gasteiger partial charge in [0.1, 0.15) is 5.01 Å². The Morgan fingerprint density at radius 1 is 1.50 bits per heavy atom. The first-order chi connectivity index (χ1) is 7.65. The number of nitrogens with zero attached hydrogens (tertiary/aromatic N) is 2. The summed E-state index contributed by atoms with van der Waals surface area (Å²) in [6.45, 7) is 0.716. The molecule has 4 nitrogen and oxygen atoms in total.